The number of hydrogen-bond donors (Lipinski definition) is 1. The number of hydrogen-bond acceptors (Lipinski definition) is 5. The normalized spacial score (nSPS) is 17.1. The number of amides is 1. The lowest BCUT2D eigenvalue weighted by molar-refractivity contribution is -0.124. The van der Waals surface area contributed by atoms with Crippen molar-refractivity contribution < 1.29 is 13.2 Å². The minimum atomic E-state index is -3.68. The van der Waals surface area contributed by atoms with Crippen molar-refractivity contribution >= 4 is 27.3 Å². The molecular weight excluding hydrogens is 418 g/mol. The molecule has 4 rings (SSSR count). The highest BCUT2D eigenvalue weighted by molar-refractivity contribution is 7.89. The van der Waals surface area contributed by atoms with Crippen molar-refractivity contribution in [1.29, 1.82) is 0 Å². The maximum atomic E-state index is 12.9. The maximum Gasteiger partial charge on any atom is 0.243 e. The fraction of sp³-hybridized carbons (Fsp3) is 0.273. The van der Waals surface area contributed by atoms with Crippen LogP contribution in [0, 0.1) is 0 Å². The molecule has 8 heteroatoms. The average Bonchev–Trinajstić information content (AvgIpc) is 3.45. The third-order valence-corrected chi connectivity index (χ3v) is 7.97. The Balaban J connectivity index is 1.35. The number of nitrogens with zero attached hydrogens (tertiary/aromatic N) is 2. The zero-order valence-electron chi connectivity index (χ0n) is 16.4. The van der Waals surface area contributed by atoms with E-state index >= 15 is 0 Å². The van der Waals surface area contributed by atoms with Crippen LogP contribution in [-0.4, -0.2) is 42.7 Å². The quantitative estimate of drug-likeness (QED) is 0.610. The molecule has 1 N–H and O–H groups in total. The van der Waals surface area contributed by atoms with Gasteiger partial charge in [-0.3, -0.25) is 4.79 Å². The van der Waals surface area contributed by atoms with Gasteiger partial charge >= 0.3 is 0 Å². The lowest BCUT2D eigenvalue weighted by atomic mass is 10.2. The van der Waals surface area contributed by atoms with Gasteiger partial charge in [-0.25, -0.2) is 13.4 Å². The lowest BCUT2D eigenvalue weighted by Crippen LogP contribution is -2.46. The molecule has 1 unspecified atom stereocenters. The van der Waals surface area contributed by atoms with Gasteiger partial charge in [0.15, 0.2) is 0 Å². The first-order chi connectivity index (χ1) is 14.6. The van der Waals surface area contributed by atoms with Gasteiger partial charge in [-0.05, 0) is 25.0 Å². The molecule has 156 valence electrons. The second-order valence-corrected chi connectivity index (χ2v) is 9.89. The van der Waals surface area contributed by atoms with Gasteiger partial charge in [0.2, 0.25) is 15.9 Å². The number of thiazole rings is 1. The predicted molar refractivity (Wildman–Crippen MR) is 118 cm³/mol. The molecule has 0 aliphatic carbocycles. The molecule has 0 radical (unpaired) electrons. The van der Waals surface area contributed by atoms with E-state index in [1.54, 1.807) is 41.7 Å². The summed E-state index contributed by atoms with van der Waals surface area (Å²) in [4.78, 5) is 17.6. The van der Waals surface area contributed by atoms with Crippen LogP contribution in [0.3, 0.4) is 0 Å². The summed E-state index contributed by atoms with van der Waals surface area (Å²) < 4.78 is 27.2. The summed E-state index contributed by atoms with van der Waals surface area (Å²) in [7, 11) is -3.68. The van der Waals surface area contributed by atoms with E-state index in [0.29, 0.717) is 32.4 Å². The van der Waals surface area contributed by atoms with Crippen molar-refractivity contribution in [1.82, 2.24) is 14.6 Å². The Hall–Kier alpha value is -2.55. The van der Waals surface area contributed by atoms with Gasteiger partial charge in [0.05, 0.1) is 10.6 Å². The van der Waals surface area contributed by atoms with E-state index < -0.39 is 16.1 Å². The topological polar surface area (TPSA) is 79.4 Å². The van der Waals surface area contributed by atoms with Crippen molar-refractivity contribution in [2.45, 2.75) is 30.2 Å². The molecule has 30 heavy (non-hydrogen) atoms. The predicted octanol–water partition coefficient (Wildman–Crippen LogP) is 3.32. The highest BCUT2D eigenvalue weighted by atomic mass is 32.2. The molecule has 1 aromatic heterocycles. The van der Waals surface area contributed by atoms with E-state index in [-0.39, 0.29) is 10.8 Å². The molecule has 0 bridgehead atoms. The summed E-state index contributed by atoms with van der Waals surface area (Å²) in [6.45, 7) is 0.786. The number of carbonyl (C=O) groups excluding carboxylic acids is 1. The van der Waals surface area contributed by atoms with E-state index in [4.69, 9.17) is 0 Å². The minimum Gasteiger partial charge on any atom is -0.354 e. The van der Waals surface area contributed by atoms with Crippen LogP contribution in [0.5, 0.6) is 0 Å². The molecule has 1 amide bonds. The maximum absolute atomic E-state index is 12.9. The highest BCUT2D eigenvalue weighted by Gasteiger charge is 2.39. The molecule has 1 aliphatic heterocycles. The highest BCUT2D eigenvalue weighted by Crippen LogP contribution is 2.26. The Bertz CT molecular complexity index is 1100. The molecule has 3 aromatic rings. The van der Waals surface area contributed by atoms with Crippen LogP contribution < -0.4 is 5.32 Å². The van der Waals surface area contributed by atoms with Crippen LogP contribution in [-0.2, 0) is 21.2 Å². The summed E-state index contributed by atoms with van der Waals surface area (Å²) in [6, 6.07) is 17.6. The number of benzene rings is 2. The molecule has 2 heterocycles. The van der Waals surface area contributed by atoms with E-state index in [1.165, 1.54) is 4.31 Å². The Morgan fingerprint density at radius 2 is 1.80 bits per heavy atom. The van der Waals surface area contributed by atoms with Gasteiger partial charge in [0.1, 0.15) is 11.0 Å². The van der Waals surface area contributed by atoms with Crippen LogP contribution in [0.15, 0.2) is 70.9 Å². The Morgan fingerprint density at radius 1 is 1.10 bits per heavy atom. The van der Waals surface area contributed by atoms with Crippen LogP contribution in [0.4, 0.5) is 0 Å². The van der Waals surface area contributed by atoms with Crippen LogP contribution >= 0.6 is 11.3 Å². The Kier molecular flexibility index (Phi) is 6.26. The Morgan fingerprint density at radius 3 is 2.53 bits per heavy atom. The van der Waals surface area contributed by atoms with Gasteiger partial charge in [-0.1, -0.05) is 48.5 Å². The molecule has 1 atom stereocenters. The van der Waals surface area contributed by atoms with Crippen molar-refractivity contribution in [2.24, 2.45) is 0 Å². The molecule has 1 fully saturated rings. The van der Waals surface area contributed by atoms with Gasteiger partial charge < -0.3 is 5.32 Å². The number of aromatic nitrogens is 1. The zero-order chi connectivity index (χ0) is 21.0. The Labute approximate surface area is 180 Å². The monoisotopic (exact) mass is 441 g/mol. The van der Waals surface area contributed by atoms with Crippen LogP contribution in [0.1, 0.15) is 18.5 Å². The van der Waals surface area contributed by atoms with Crippen LogP contribution in [0.25, 0.3) is 10.6 Å². The number of sulfonamides is 1. The molecule has 0 saturated carbocycles. The van der Waals surface area contributed by atoms with Gasteiger partial charge in [-0.15, -0.1) is 11.3 Å². The van der Waals surface area contributed by atoms with Crippen molar-refractivity contribution in [3.8, 4) is 10.6 Å². The summed E-state index contributed by atoms with van der Waals surface area (Å²) in [5.41, 5.74) is 1.99. The molecule has 2 aromatic carbocycles. The van der Waals surface area contributed by atoms with Crippen molar-refractivity contribution in [3.63, 3.8) is 0 Å². The molecule has 1 aliphatic rings. The van der Waals surface area contributed by atoms with Crippen molar-refractivity contribution in [3.05, 3.63) is 71.7 Å². The first kappa shape index (κ1) is 20.7. The summed E-state index contributed by atoms with van der Waals surface area (Å²) in [5.74, 6) is -0.245. The minimum absolute atomic E-state index is 0.223. The zero-order valence-corrected chi connectivity index (χ0v) is 18.0. The second-order valence-electron chi connectivity index (χ2n) is 7.14. The van der Waals surface area contributed by atoms with Gasteiger partial charge in [0, 0.05) is 30.5 Å². The fourth-order valence-electron chi connectivity index (χ4n) is 3.58. The lowest BCUT2D eigenvalue weighted by Gasteiger charge is -2.23. The van der Waals surface area contributed by atoms with Crippen molar-refractivity contribution in [2.75, 3.05) is 13.1 Å². The smallest absolute Gasteiger partial charge is 0.243 e. The summed E-state index contributed by atoms with van der Waals surface area (Å²) in [5, 5.41) is 5.84. The number of carbonyl (C=O) groups is 1. The first-order valence-corrected chi connectivity index (χ1v) is 12.2. The molecule has 6 nitrogen and oxygen atoms in total. The molecule has 0 spiro atoms. The first-order valence-electron chi connectivity index (χ1n) is 9.90. The van der Waals surface area contributed by atoms with E-state index in [0.717, 1.165) is 16.3 Å². The molecule has 1 saturated heterocycles. The van der Waals surface area contributed by atoms with E-state index in [2.05, 4.69) is 10.3 Å². The number of nitrogens with one attached hydrogen (secondary N) is 1. The van der Waals surface area contributed by atoms with Crippen LogP contribution in [0.2, 0.25) is 0 Å². The second kappa shape index (κ2) is 9.07. The largest absolute Gasteiger partial charge is 0.354 e. The SMILES string of the molecule is O=C(NCCc1csc(-c2ccccc2)n1)C1CCCN1S(=O)(=O)c1ccccc1. The van der Waals surface area contributed by atoms with E-state index in [1.807, 2.05) is 35.7 Å². The fourth-order valence-corrected chi connectivity index (χ4v) is 6.12. The summed E-state index contributed by atoms with van der Waals surface area (Å²) >= 11 is 1.58. The third kappa shape index (κ3) is 4.45. The third-order valence-electron chi connectivity index (χ3n) is 5.11. The van der Waals surface area contributed by atoms with Gasteiger partial charge in [0.25, 0.3) is 0 Å². The standard InChI is InChI=1S/C22H23N3O3S2/c26-21(20-12-7-15-25(20)30(27,28)19-10-5-2-6-11-19)23-14-13-18-16-29-22(24-18)17-8-3-1-4-9-17/h1-6,8-11,16,20H,7,12-15H2,(H,23,26). The molecular formula is C22H23N3O3S2. The summed E-state index contributed by atoms with van der Waals surface area (Å²) in [6.07, 6.45) is 1.82. The average molecular weight is 442 g/mol. The van der Waals surface area contributed by atoms with E-state index in [9.17, 15) is 13.2 Å². The number of rotatable bonds is 7. The van der Waals surface area contributed by atoms with Gasteiger partial charge in [-0.2, -0.15) is 4.31 Å².